The first kappa shape index (κ1) is 15.4. The number of carbonyl (C=O) groups excluding carboxylic acids is 1. The molecule has 2 N–H and O–H groups in total. The van der Waals surface area contributed by atoms with E-state index in [0.29, 0.717) is 0 Å². The highest BCUT2D eigenvalue weighted by Crippen LogP contribution is 2.61. The van der Waals surface area contributed by atoms with Gasteiger partial charge in [0.2, 0.25) is 0 Å². The molecule has 0 aromatic carbocycles. The van der Waals surface area contributed by atoms with Crippen LogP contribution in [0.3, 0.4) is 0 Å². The molecule has 0 amide bonds. The predicted molar refractivity (Wildman–Crippen MR) is 64.2 cm³/mol. The molecule has 1 saturated carbocycles. The summed E-state index contributed by atoms with van der Waals surface area (Å²) in [6, 6.07) is 0. The first-order chi connectivity index (χ1) is 7.78. The number of hydrogen-bond donors (Lipinski definition) is 2. The molecule has 1 aliphatic rings. The molecule has 0 aromatic heterocycles. The maximum Gasteiger partial charge on any atom is 0.310 e. The van der Waals surface area contributed by atoms with E-state index in [2.05, 4.69) is 0 Å². The standard InChI is InChI=1S/C11H20O6S/c1-10(2,3)17-8(12)6-7(11(6,4)5)9(13)18(14,15)16/h6-7,9,13H,1-5H3,(H,14,15,16)/t6-,7-,9?/m1/s1. The third kappa shape index (κ3) is 3.02. The number of aliphatic hydroxyl groups is 1. The van der Waals surface area contributed by atoms with Crippen molar-refractivity contribution in [2.45, 2.75) is 45.7 Å². The van der Waals surface area contributed by atoms with Gasteiger partial charge in [0.1, 0.15) is 5.60 Å². The summed E-state index contributed by atoms with van der Waals surface area (Å²) in [6.07, 6.45) is 0. The molecule has 0 bridgehead atoms. The Bertz CT molecular complexity index is 445. The minimum Gasteiger partial charge on any atom is -0.460 e. The summed E-state index contributed by atoms with van der Waals surface area (Å²) in [5.41, 5.74) is -3.34. The van der Waals surface area contributed by atoms with E-state index in [1.807, 2.05) is 0 Å². The van der Waals surface area contributed by atoms with Gasteiger partial charge < -0.3 is 9.84 Å². The van der Waals surface area contributed by atoms with Crippen molar-refractivity contribution in [2.75, 3.05) is 0 Å². The second kappa shape index (κ2) is 4.18. The van der Waals surface area contributed by atoms with Crippen LogP contribution in [0.15, 0.2) is 0 Å². The van der Waals surface area contributed by atoms with Crippen molar-refractivity contribution in [3.8, 4) is 0 Å². The fourth-order valence-electron chi connectivity index (χ4n) is 2.21. The highest BCUT2D eigenvalue weighted by molar-refractivity contribution is 7.86. The number of aliphatic hydroxyl groups excluding tert-OH is 1. The smallest absolute Gasteiger partial charge is 0.310 e. The van der Waals surface area contributed by atoms with Gasteiger partial charge in [0, 0.05) is 5.92 Å². The topological polar surface area (TPSA) is 101 Å². The number of hydrogen-bond acceptors (Lipinski definition) is 5. The van der Waals surface area contributed by atoms with Crippen molar-refractivity contribution in [3.63, 3.8) is 0 Å². The average Bonchev–Trinajstić information content (AvgIpc) is 2.62. The SMILES string of the molecule is CC(C)(C)OC(=O)[C@H]1[C@H](C(O)S(=O)(=O)O)C1(C)C. The fraction of sp³-hybridized carbons (Fsp3) is 0.909. The Kier molecular flexibility index (Phi) is 3.57. The van der Waals surface area contributed by atoms with Crippen LogP contribution in [-0.4, -0.2) is 35.1 Å². The number of ether oxygens (including phenoxy) is 1. The monoisotopic (exact) mass is 280 g/mol. The highest BCUT2D eigenvalue weighted by atomic mass is 32.2. The van der Waals surface area contributed by atoms with Crippen molar-refractivity contribution in [1.82, 2.24) is 0 Å². The number of esters is 1. The lowest BCUT2D eigenvalue weighted by Crippen LogP contribution is -2.28. The van der Waals surface area contributed by atoms with Gasteiger partial charge in [0.05, 0.1) is 5.92 Å². The van der Waals surface area contributed by atoms with Gasteiger partial charge in [-0.2, -0.15) is 8.42 Å². The van der Waals surface area contributed by atoms with Crippen LogP contribution in [0.1, 0.15) is 34.6 Å². The van der Waals surface area contributed by atoms with E-state index in [-0.39, 0.29) is 0 Å². The number of carbonyl (C=O) groups is 1. The van der Waals surface area contributed by atoms with Crippen LogP contribution in [0.5, 0.6) is 0 Å². The maximum atomic E-state index is 11.9. The van der Waals surface area contributed by atoms with Gasteiger partial charge in [0.15, 0.2) is 5.44 Å². The summed E-state index contributed by atoms with van der Waals surface area (Å²) in [5, 5.41) is 9.53. The number of rotatable bonds is 3. The van der Waals surface area contributed by atoms with Gasteiger partial charge in [-0.25, -0.2) is 0 Å². The Balaban J connectivity index is 2.85. The molecule has 0 heterocycles. The molecule has 18 heavy (non-hydrogen) atoms. The van der Waals surface area contributed by atoms with E-state index in [1.54, 1.807) is 34.6 Å². The zero-order valence-electron chi connectivity index (χ0n) is 11.2. The van der Waals surface area contributed by atoms with E-state index in [9.17, 15) is 18.3 Å². The minimum absolute atomic E-state index is 0.555. The Morgan fingerprint density at radius 2 is 1.78 bits per heavy atom. The van der Waals surface area contributed by atoms with Crippen molar-refractivity contribution in [1.29, 1.82) is 0 Å². The van der Waals surface area contributed by atoms with Crippen molar-refractivity contribution >= 4 is 16.1 Å². The van der Waals surface area contributed by atoms with Gasteiger partial charge in [-0.15, -0.1) is 0 Å². The van der Waals surface area contributed by atoms with Crippen LogP contribution >= 0.6 is 0 Å². The molecule has 1 rings (SSSR count). The van der Waals surface area contributed by atoms with E-state index >= 15 is 0 Å². The van der Waals surface area contributed by atoms with E-state index < -0.39 is 44.4 Å². The first-order valence-electron chi connectivity index (χ1n) is 5.65. The minimum atomic E-state index is -4.57. The van der Waals surface area contributed by atoms with Crippen LogP contribution < -0.4 is 0 Å². The summed E-state index contributed by atoms with van der Waals surface area (Å²) in [7, 11) is -4.57. The Morgan fingerprint density at radius 1 is 1.33 bits per heavy atom. The highest BCUT2D eigenvalue weighted by Gasteiger charge is 2.68. The summed E-state index contributed by atoms with van der Waals surface area (Å²) in [4.78, 5) is 11.9. The molecule has 6 nitrogen and oxygen atoms in total. The van der Waals surface area contributed by atoms with Gasteiger partial charge in [0.25, 0.3) is 10.1 Å². The summed E-state index contributed by atoms with van der Waals surface area (Å²) >= 11 is 0. The largest absolute Gasteiger partial charge is 0.460 e. The first-order valence-corrected chi connectivity index (χ1v) is 7.16. The molecule has 0 spiro atoms. The second-order valence-electron chi connectivity index (χ2n) is 6.26. The van der Waals surface area contributed by atoms with Crippen molar-refractivity contribution in [2.24, 2.45) is 17.3 Å². The molecule has 0 aliphatic heterocycles. The molecule has 3 atom stereocenters. The van der Waals surface area contributed by atoms with Crippen LogP contribution in [0.25, 0.3) is 0 Å². The average molecular weight is 280 g/mol. The lowest BCUT2D eigenvalue weighted by atomic mass is 10.1. The molecule has 1 aliphatic carbocycles. The molecule has 106 valence electrons. The lowest BCUT2D eigenvalue weighted by Gasteiger charge is -2.20. The van der Waals surface area contributed by atoms with Crippen LogP contribution in [0, 0.1) is 17.3 Å². The molecule has 1 unspecified atom stereocenters. The molecule has 7 heteroatoms. The van der Waals surface area contributed by atoms with E-state index in [1.165, 1.54) is 0 Å². The third-order valence-corrected chi connectivity index (χ3v) is 4.09. The van der Waals surface area contributed by atoms with Gasteiger partial charge in [-0.3, -0.25) is 9.35 Å². The van der Waals surface area contributed by atoms with Crippen LogP contribution in [-0.2, 0) is 19.6 Å². The molecule has 0 saturated heterocycles. The van der Waals surface area contributed by atoms with Crippen molar-refractivity contribution in [3.05, 3.63) is 0 Å². The predicted octanol–water partition coefficient (Wildman–Crippen LogP) is 0.807. The molecule has 0 radical (unpaired) electrons. The summed E-state index contributed by atoms with van der Waals surface area (Å²) in [6.45, 7) is 8.42. The van der Waals surface area contributed by atoms with E-state index in [0.717, 1.165) is 0 Å². The summed E-state index contributed by atoms with van der Waals surface area (Å²) in [5.74, 6) is -2.13. The third-order valence-electron chi connectivity index (χ3n) is 3.18. The normalized spacial score (nSPS) is 28.6. The molecular formula is C11H20O6S. The van der Waals surface area contributed by atoms with Gasteiger partial charge in [-0.1, -0.05) is 13.8 Å². The zero-order valence-corrected chi connectivity index (χ0v) is 12.0. The molecular weight excluding hydrogens is 260 g/mol. The van der Waals surface area contributed by atoms with Gasteiger partial charge >= 0.3 is 5.97 Å². The molecule has 0 aromatic rings. The zero-order chi connectivity index (χ0) is 14.5. The summed E-state index contributed by atoms with van der Waals surface area (Å²) < 4.78 is 35.8. The molecule has 1 fully saturated rings. The second-order valence-corrected chi connectivity index (χ2v) is 7.78. The quantitative estimate of drug-likeness (QED) is 0.586. The van der Waals surface area contributed by atoms with Crippen LogP contribution in [0.2, 0.25) is 0 Å². The Labute approximate surface area is 107 Å². The Hall–Kier alpha value is -0.660. The van der Waals surface area contributed by atoms with Gasteiger partial charge in [-0.05, 0) is 26.2 Å². The fourth-order valence-corrected chi connectivity index (χ4v) is 3.09. The van der Waals surface area contributed by atoms with E-state index in [4.69, 9.17) is 9.29 Å². The lowest BCUT2D eigenvalue weighted by molar-refractivity contribution is -0.157. The van der Waals surface area contributed by atoms with Crippen LogP contribution in [0.4, 0.5) is 0 Å². The Morgan fingerprint density at radius 3 is 2.11 bits per heavy atom. The maximum absolute atomic E-state index is 11.9. The van der Waals surface area contributed by atoms with Crippen molar-refractivity contribution < 1.29 is 27.6 Å².